The van der Waals surface area contributed by atoms with Crippen LogP contribution in [-0.4, -0.2) is 29.2 Å². The topological polar surface area (TPSA) is 40.5 Å². The molecule has 0 radical (unpaired) electrons. The lowest BCUT2D eigenvalue weighted by Gasteiger charge is -2.24. The maximum atomic E-state index is 10.6. The van der Waals surface area contributed by atoms with Crippen molar-refractivity contribution in [3.8, 4) is 0 Å². The minimum Gasteiger partial charge on any atom is -0.465 e. The van der Waals surface area contributed by atoms with Gasteiger partial charge in [-0.3, -0.25) is 0 Å². The van der Waals surface area contributed by atoms with Crippen LogP contribution >= 0.6 is 0 Å². The van der Waals surface area contributed by atoms with Crippen LogP contribution in [0.2, 0.25) is 0 Å². The molecule has 0 saturated heterocycles. The average molecular weight is 167 g/mol. The summed E-state index contributed by atoms with van der Waals surface area (Å²) in [7, 11) is 0. The summed E-state index contributed by atoms with van der Waals surface area (Å²) in [5.41, 5.74) is 1.35. The first-order valence-electron chi connectivity index (χ1n) is 4.44. The molecule has 2 aliphatic rings. The molecular formula is C9H13NO2. The third-order valence-electron chi connectivity index (χ3n) is 2.55. The third kappa shape index (κ3) is 1.44. The normalized spacial score (nSPS) is 23.7. The van der Waals surface area contributed by atoms with E-state index in [1.54, 1.807) is 0 Å². The van der Waals surface area contributed by atoms with Crippen molar-refractivity contribution in [1.82, 2.24) is 4.90 Å². The maximum absolute atomic E-state index is 10.6. The predicted molar refractivity (Wildman–Crippen MR) is 45.0 cm³/mol. The molecule has 1 N–H and O–H groups in total. The Bertz CT molecular complexity index is 231. The Hall–Kier alpha value is -0.990. The minimum atomic E-state index is -0.777. The molecule has 0 aromatic rings. The first-order valence-corrected chi connectivity index (χ1v) is 4.44. The second kappa shape index (κ2) is 2.81. The van der Waals surface area contributed by atoms with Gasteiger partial charge in [0.1, 0.15) is 0 Å². The fraction of sp³-hybridized carbons (Fsp3) is 0.667. The molecule has 1 aliphatic carbocycles. The van der Waals surface area contributed by atoms with Gasteiger partial charge < -0.3 is 10.0 Å². The summed E-state index contributed by atoms with van der Waals surface area (Å²) in [6.45, 7) is 1.32. The molecule has 1 aliphatic heterocycles. The Morgan fingerprint density at radius 3 is 2.92 bits per heavy atom. The molecule has 1 amide bonds. The van der Waals surface area contributed by atoms with Crippen molar-refractivity contribution in [2.45, 2.75) is 19.3 Å². The van der Waals surface area contributed by atoms with Crippen LogP contribution in [-0.2, 0) is 0 Å². The predicted octanol–water partition coefficient (Wildman–Crippen LogP) is 1.71. The van der Waals surface area contributed by atoms with Gasteiger partial charge in [-0.05, 0) is 25.2 Å². The van der Waals surface area contributed by atoms with Crippen LogP contribution in [0.4, 0.5) is 4.79 Å². The second-order valence-electron chi connectivity index (χ2n) is 3.55. The zero-order chi connectivity index (χ0) is 8.55. The molecular weight excluding hydrogens is 154 g/mol. The van der Waals surface area contributed by atoms with E-state index < -0.39 is 6.09 Å². The van der Waals surface area contributed by atoms with Crippen molar-refractivity contribution >= 4 is 6.09 Å². The number of nitrogens with zero attached hydrogens (tertiary/aromatic N) is 1. The Labute approximate surface area is 71.7 Å². The van der Waals surface area contributed by atoms with Crippen LogP contribution in [0, 0.1) is 5.92 Å². The van der Waals surface area contributed by atoms with E-state index in [1.807, 2.05) is 0 Å². The summed E-state index contributed by atoms with van der Waals surface area (Å²) >= 11 is 0. The zero-order valence-electron chi connectivity index (χ0n) is 6.99. The number of amides is 1. The highest BCUT2D eigenvalue weighted by Crippen LogP contribution is 2.37. The summed E-state index contributed by atoms with van der Waals surface area (Å²) in [6, 6.07) is 0. The highest BCUT2D eigenvalue weighted by molar-refractivity contribution is 5.65. The quantitative estimate of drug-likeness (QED) is 0.604. The van der Waals surface area contributed by atoms with Crippen molar-refractivity contribution in [3.63, 3.8) is 0 Å². The summed E-state index contributed by atoms with van der Waals surface area (Å²) in [5, 5.41) is 8.76. The fourth-order valence-electron chi connectivity index (χ4n) is 1.68. The van der Waals surface area contributed by atoms with Crippen molar-refractivity contribution in [2.24, 2.45) is 5.92 Å². The van der Waals surface area contributed by atoms with Crippen LogP contribution in [0.1, 0.15) is 19.3 Å². The molecule has 0 aromatic carbocycles. The molecule has 0 spiro atoms. The standard InChI is InChI=1S/C9H13NO2/c11-9(12)10-5-1-2-8(6-10)7-3-4-7/h2,7H,1,3-6H2,(H,11,12). The van der Waals surface area contributed by atoms with Gasteiger partial charge in [0.05, 0.1) is 0 Å². The first-order chi connectivity index (χ1) is 5.77. The van der Waals surface area contributed by atoms with Gasteiger partial charge in [-0.2, -0.15) is 0 Å². The summed E-state index contributed by atoms with van der Waals surface area (Å²) in [5.74, 6) is 0.715. The van der Waals surface area contributed by atoms with Crippen molar-refractivity contribution in [3.05, 3.63) is 11.6 Å². The number of rotatable bonds is 1. The smallest absolute Gasteiger partial charge is 0.407 e. The fourth-order valence-corrected chi connectivity index (χ4v) is 1.68. The molecule has 3 nitrogen and oxygen atoms in total. The molecule has 1 fully saturated rings. The molecule has 66 valence electrons. The zero-order valence-corrected chi connectivity index (χ0v) is 6.99. The number of carbonyl (C=O) groups is 1. The minimum absolute atomic E-state index is 0.653. The summed E-state index contributed by atoms with van der Waals surface area (Å²) in [4.78, 5) is 12.1. The van der Waals surface area contributed by atoms with Crippen LogP contribution in [0.25, 0.3) is 0 Å². The van der Waals surface area contributed by atoms with Gasteiger partial charge in [-0.15, -0.1) is 0 Å². The molecule has 2 rings (SSSR count). The molecule has 0 bridgehead atoms. The highest BCUT2D eigenvalue weighted by atomic mass is 16.4. The number of carboxylic acid groups (broad SMARTS) is 1. The van der Waals surface area contributed by atoms with E-state index >= 15 is 0 Å². The summed E-state index contributed by atoms with van der Waals surface area (Å²) in [6.07, 6.45) is 4.87. The molecule has 0 unspecified atom stereocenters. The van der Waals surface area contributed by atoms with E-state index in [1.165, 1.54) is 23.3 Å². The largest absolute Gasteiger partial charge is 0.465 e. The van der Waals surface area contributed by atoms with Gasteiger partial charge >= 0.3 is 6.09 Å². The monoisotopic (exact) mass is 167 g/mol. The Balaban J connectivity index is 1.99. The van der Waals surface area contributed by atoms with E-state index in [4.69, 9.17) is 5.11 Å². The number of hydrogen-bond donors (Lipinski definition) is 1. The Morgan fingerprint density at radius 1 is 1.58 bits per heavy atom. The Morgan fingerprint density at radius 2 is 2.33 bits per heavy atom. The SMILES string of the molecule is O=C(O)N1CCC=C(C2CC2)C1. The number of hydrogen-bond acceptors (Lipinski definition) is 1. The van der Waals surface area contributed by atoms with Crippen LogP contribution in [0.5, 0.6) is 0 Å². The third-order valence-corrected chi connectivity index (χ3v) is 2.55. The van der Waals surface area contributed by atoms with Crippen molar-refractivity contribution in [1.29, 1.82) is 0 Å². The molecule has 0 atom stereocenters. The molecule has 0 aromatic heterocycles. The van der Waals surface area contributed by atoms with Crippen LogP contribution in [0.15, 0.2) is 11.6 Å². The van der Waals surface area contributed by atoms with Gasteiger partial charge in [-0.1, -0.05) is 11.6 Å². The van der Waals surface area contributed by atoms with E-state index in [0.29, 0.717) is 19.0 Å². The van der Waals surface area contributed by atoms with Crippen LogP contribution in [0.3, 0.4) is 0 Å². The molecule has 12 heavy (non-hydrogen) atoms. The van der Waals surface area contributed by atoms with Gasteiger partial charge in [0, 0.05) is 13.1 Å². The van der Waals surface area contributed by atoms with E-state index in [9.17, 15) is 4.79 Å². The maximum Gasteiger partial charge on any atom is 0.407 e. The lowest BCUT2D eigenvalue weighted by Crippen LogP contribution is -2.34. The lowest BCUT2D eigenvalue weighted by molar-refractivity contribution is 0.147. The molecule has 1 saturated carbocycles. The highest BCUT2D eigenvalue weighted by Gasteiger charge is 2.29. The van der Waals surface area contributed by atoms with Crippen molar-refractivity contribution in [2.75, 3.05) is 13.1 Å². The van der Waals surface area contributed by atoms with Crippen molar-refractivity contribution < 1.29 is 9.90 Å². The average Bonchev–Trinajstić information content (AvgIpc) is 2.87. The lowest BCUT2D eigenvalue weighted by atomic mass is 10.1. The molecule has 3 heteroatoms. The van der Waals surface area contributed by atoms with Gasteiger partial charge in [0.15, 0.2) is 0 Å². The van der Waals surface area contributed by atoms with Crippen LogP contribution < -0.4 is 0 Å². The van der Waals surface area contributed by atoms with E-state index in [0.717, 1.165) is 6.42 Å². The van der Waals surface area contributed by atoms with Gasteiger partial charge in [0.25, 0.3) is 0 Å². The second-order valence-corrected chi connectivity index (χ2v) is 3.55. The first kappa shape index (κ1) is 7.65. The van der Waals surface area contributed by atoms with E-state index in [2.05, 4.69) is 6.08 Å². The Kier molecular flexibility index (Phi) is 1.79. The van der Waals surface area contributed by atoms with E-state index in [-0.39, 0.29) is 0 Å². The molecule has 1 heterocycles. The summed E-state index contributed by atoms with van der Waals surface area (Å²) < 4.78 is 0. The van der Waals surface area contributed by atoms with Gasteiger partial charge in [0.2, 0.25) is 0 Å². The van der Waals surface area contributed by atoms with Gasteiger partial charge in [-0.25, -0.2) is 4.79 Å².